The van der Waals surface area contributed by atoms with Gasteiger partial charge in [0.15, 0.2) is 0 Å². The van der Waals surface area contributed by atoms with Crippen LogP contribution in [0, 0.1) is 12.8 Å². The molecule has 2 rings (SSSR count). The van der Waals surface area contributed by atoms with E-state index in [0.717, 1.165) is 18.7 Å². The molecule has 0 saturated heterocycles. The topological polar surface area (TPSA) is 32.7 Å². The maximum absolute atomic E-state index is 9.81. The number of nitrogens with zero attached hydrogens (tertiary/aromatic N) is 1. The zero-order valence-electron chi connectivity index (χ0n) is 13.8. The smallest absolute Gasteiger partial charge is 0.122 e. The zero-order valence-corrected chi connectivity index (χ0v) is 13.8. The van der Waals surface area contributed by atoms with Crippen molar-refractivity contribution in [2.75, 3.05) is 21.2 Å². The van der Waals surface area contributed by atoms with Crippen molar-refractivity contribution in [3.05, 3.63) is 41.0 Å². The molecule has 3 nitrogen and oxygen atoms in total. The van der Waals surface area contributed by atoms with Crippen LogP contribution in [0.15, 0.2) is 24.3 Å². The summed E-state index contributed by atoms with van der Waals surface area (Å²) in [7, 11) is 5.90. The Labute approximate surface area is 128 Å². The molecule has 0 unspecified atom stereocenters. The number of rotatable bonds is 4. The van der Waals surface area contributed by atoms with Crippen LogP contribution in [0.5, 0.6) is 5.75 Å². The van der Waals surface area contributed by atoms with Gasteiger partial charge < -0.3 is 14.7 Å². The highest BCUT2D eigenvalue weighted by molar-refractivity contribution is 5.48. The van der Waals surface area contributed by atoms with E-state index in [0.29, 0.717) is 11.8 Å². The van der Waals surface area contributed by atoms with Crippen LogP contribution in [0.4, 0.5) is 0 Å². The quantitative estimate of drug-likeness (QED) is 0.865. The summed E-state index contributed by atoms with van der Waals surface area (Å²) in [6, 6.07) is 4.23. The number of methoxy groups -OCH3 is 1. The molecule has 0 aliphatic heterocycles. The van der Waals surface area contributed by atoms with Crippen molar-refractivity contribution in [2.45, 2.75) is 38.8 Å². The molecule has 0 aromatic heterocycles. The number of hydrogen-bond acceptors (Lipinski definition) is 3. The molecule has 0 heterocycles. The van der Waals surface area contributed by atoms with Gasteiger partial charge in [-0.25, -0.2) is 0 Å². The molecule has 1 aliphatic rings. The van der Waals surface area contributed by atoms with Crippen molar-refractivity contribution >= 4 is 0 Å². The Morgan fingerprint density at radius 1 is 1.29 bits per heavy atom. The largest absolute Gasteiger partial charge is 0.496 e. The predicted octanol–water partition coefficient (Wildman–Crippen LogP) is 3.11. The third-order valence-electron chi connectivity index (χ3n) is 4.36. The second-order valence-corrected chi connectivity index (χ2v) is 6.39. The molecule has 0 spiro atoms. The van der Waals surface area contributed by atoms with Gasteiger partial charge in [-0.3, -0.25) is 0 Å². The Hall–Kier alpha value is -1.32. The van der Waals surface area contributed by atoms with Crippen LogP contribution in [0.25, 0.3) is 0 Å². The van der Waals surface area contributed by atoms with Gasteiger partial charge in [-0.1, -0.05) is 25.1 Å². The van der Waals surface area contributed by atoms with Gasteiger partial charge in [0.2, 0.25) is 0 Å². The fourth-order valence-electron chi connectivity index (χ4n) is 3.35. The number of ether oxygens (including phenoxy) is 1. The van der Waals surface area contributed by atoms with E-state index < -0.39 is 0 Å². The van der Waals surface area contributed by atoms with E-state index in [1.807, 2.05) is 6.08 Å². The molecule has 1 aliphatic carbocycles. The van der Waals surface area contributed by atoms with Gasteiger partial charge in [-0.15, -0.1) is 0 Å². The first-order valence-electron chi connectivity index (χ1n) is 7.61. The predicted molar refractivity (Wildman–Crippen MR) is 86.8 cm³/mol. The highest BCUT2D eigenvalue weighted by Crippen LogP contribution is 2.39. The molecule has 1 aromatic rings. The number of aliphatic hydroxyl groups excluding tert-OH is 1. The van der Waals surface area contributed by atoms with Gasteiger partial charge in [-0.05, 0) is 56.1 Å². The van der Waals surface area contributed by atoms with Crippen molar-refractivity contribution < 1.29 is 9.84 Å². The molecule has 0 saturated carbocycles. The first-order valence-corrected chi connectivity index (χ1v) is 7.61. The maximum atomic E-state index is 9.81. The number of aliphatic hydroxyl groups is 1. The molecule has 21 heavy (non-hydrogen) atoms. The summed E-state index contributed by atoms with van der Waals surface area (Å²) in [6.07, 6.45) is 4.61. The summed E-state index contributed by atoms with van der Waals surface area (Å²) in [5, 5.41) is 9.81. The number of hydrogen-bond donors (Lipinski definition) is 1. The van der Waals surface area contributed by atoms with Crippen LogP contribution in [-0.4, -0.2) is 37.3 Å². The van der Waals surface area contributed by atoms with Gasteiger partial charge in [0.25, 0.3) is 0 Å². The van der Waals surface area contributed by atoms with Gasteiger partial charge in [0.05, 0.1) is 13.2 Å². The lowest BCUT2D eigenvalue weighted by molar-refractivity contribution is 0.176. The third kappa shape index (κ3) is 3.47. The standard InChI is InChI=1S/C18H27NO2/c1-12-10-15(20)7-8-16(12)18-13(2)17(21-5)9-6-14(18)11-19(3)4/h6-9,12,15-16,20H,10-11H2,1-5H3/t12-,15-,16+/m0/s1. The van der Waals surface area contributed by atoms with Crippen LogP contribution in [0.2, 0.25) is 0 Å². The lowest BCUT2D eigenvalue weighted by atomic mass is 9.76. The molecular formula is C18H27NO2. The Morgan fingerprint density at radius 2 is 2.00 bits per heavy atom. The van der Waals surface area contributed by atoms with Gasteiger partial charge in [-0.2, -0.15) is 0 Å². The Morgan fingerprint density at radius 3 is 2.57 bits per heavy atom. The fourth-order valence-corrected chi connectivity index (χ4v) is 3.35. The van der Waals surface area contributed by atoms with Gasteiger partial charge in [0, 0.05) is 12.5 Å². The molecule has 0 fully saturated rings. The molecule has 0 radical (unpaired) electrons. The summed E-state index contributed by atoms with van der Waals surface area (Å²) >= 11 is 0. The Kier molecular flexibility index (Phi) is 5.07. The minimum absolute atomic E-state index is 0.306. The van der Waals surface area contributed by atoms with Gasteiger partial charge in [0.1, 0.15) is 5.75 Å². The fraction of sp³-hybridized carbons (Fsp3) is 0.556. The van der Waals surface area contributed by atoms with E-state index in [2.05, 4.69) is 51.1 Å². The van der Waals surface area contributed by atoms with E-state index in [1.165, 1.54) is 16.7 Å². The number of allylic oxidation sites excluding steroid dienone is 1. The van der Waals surface area contributed by atoms with E-state index in [-0.39, 0.29) is 6.10 Å². The molecule has 3 heteroatoms. The molecule has 3 atom stereocenters. The lowest BCUT2D eigenvalue weighted by Gasteiger charge is -2.31. The zero-order chi connectivity index (χ0) is 15.6. The highest BCUT2D eigenvalue weighted by atomic mass is 16.5. The van der Waals surface area contributed by atoms with Crippen LogP contribution in [0.1, 0.15) is 36.0 Å². The molecule has 1 N–H and O–H groups in total. The molecule has 116 valence electrons. The Bertz CT molecular complexity index is 522. The summed E-state index contributed by atoms with van der Waals surface area (Å²) in [5.74, 6) is 1.72. The average molecular weight is 289 g/mol. The summed E-state index contributed by atoms with van der Waals surface area (Å²) in [5.41, 5.74) is 3.92. The van der Waals surface area contributed by atoms with Crippen LogP contribution in [0.3, 0.4) is 0 Å². The first kappa shape index (κ1) is 16.1. The second kappa shape index (κ2) is 6.63. The molecule has 0 amide bonds. The third-order valence-corrected chi connectivity index (χ3v) is 4.36. The van der Waals surface area contributed by atoms with Crippen molar-refractivity contribution in [2.24, 2.45) is 5.92 Å². The van der Waals surface area contributed by atoms with E-state index in [4.69, 9.17) is 4.74 Å². The van der Waals surface area contributed by atoms with Crippen LogP contribution >= 0.6 is 0 Å². The molecular weight excluding hydrogens is 262 g/mol. The summed E-state index contributed by atoms with van der Waals surface area (Å²) in [4.78, 5) is 2.19. The summed E-state index contributed by atoms with van der Waals surface area (Å²) < 4.78 is 5.51. The van der Waals surface area contributed by atoms with Crippen LogP contribution < -0.4 is 4.74 Å². The van der Waals surface area contributed by atoms with E-state index in [9.17, 15) is 5.11 Å². The highest BCUT2D eigenvalue weighted by Gasteiger charge is 2.27. The van der Waals surface area contributed by atoms with E-state index >= 15 is 0 Å². The number of benzene rings is 1. The molecule has 1 aromatic carbocycles. The van der Waals surface area contributed by atoms with Crippen molar-refractivity contribution in [3.8, 4) is 5.75 Å². The summed E-state index contributed by atoms with van der Waals surface area (Å²) in [6.45, 7) is 5.27. The van der Waals surface area contributed by atoms with Crippen molar-refractivity contribution in [1.82, 2.24) is 4.90 Å². The monoisotopic (exact) mass is 289 g/mol. The van der Waals surface area contributed by atoms with Crippen molar-refractivity contribution in [1.29, 1.82) is 0 Å². The average Bonchev–Trinajstić information content (AvgIpc) is 2.40. The molecule has 0 bridgehead atoms. The minimum Gasteiger partial charge on any atom is -0.496 e. The van der Waals surface area contributed by atoms with Crippen LogP contribution in [-0.2, 0) is 6.54 Å². The Balaban J connectivity index is 2.50. The second-order valence-electron chi connectivity index (χ2n) is 6.39. The van der Waals surface area contributed by atoms with E-state index in [1.54, 1.807) is 7.11 Å². The SMILES string of the molecule is COc1ccc(CN(C)C)c([C@@H]2C=C[C@H](O)C[C@@H]2C)c1C. The maximum Gasteiger partial charge on any atom is 0.122 e. The lowest BCUT2D eigenvalue weighted by Crippen LogP contribution is -2.23. The van der Waals surface area contributed by atoms with Gasteiger partial charge >= 0.3 is 0 Å². The normalized spacial score (nSPS) is 25.4. The van der Waals surface area contributed by atoms with Crippen molar-refractivity contribution in [3.63, 3.8) is 0 Å². The first-order chi connectivity index (χ1) is 9.93. The minimum atomic E-state index is -0.306.